The lowest BCUT2D eigenvalue weighted by molar-refractivity contribution is -0.0135. The summed E-state index contributed by atoms with van der Waals surface area (Å²) >= 11 is 0. The maximum Gasteiger partial charge on any atom is 0.322 e. The van der Waals surface area contributed by atoms with Crippen LogP contribution in [0.3, 0.4) is 0 Å². The molecule has 0 radical (unpaired) electrons. The van der Waals surface area contributed by atoms with Crippen molar-refractivity contribution in [2.45, 2.75) is 6.10 Å². The molecule has 1 aliphatic heterocycles. The number of amides is 2. The topological polar surface area (TPSA) is 54.5 Å². The first-order chi connectivity index (χ1) is 10.3. The van der Waals surface area contributed by atoms with Gasteiger partial charge < -0.3 is 15.0 Å². The minimum Gasteiger partial charge on any atom is -0.370 e. The third-order valence-electron chi connectivity index (χ3n) is 3.44. The average molecular weight is 283 g/mol. The summed E-state index contributed by atoms with van der Waals surface area (Å²) in [5, 5.41) is 2.85. The van der Waals surface area contributed by atoms with Gasteiger partial charge in [0.25, 0.3) is 0 Å². The molecule has 0 saturated carbocycles. The second-order valence-electron chi connectivity index (χ2n) is 4.89. The Morgan fingerprint density at radius 1 is 1.24 bits per heavy atom. The van der Waals surface area contributed by atoms with Crippen LogP contribution in [0.4, 0.5) is 10.5 Å². The zero-order chi connectivity index (χ0) is 14.5. The molecule has 3 rings (SSSR count). The van der Waals surface area contributed by atoms with Crippen LogP contribution in [0.25, 0.3) is 0 Å². The molecule has 0 aliphatic carbocycles. The van der Waals surface area contributed by atoms with E-state index < -0.39 is 0 Å². The number of anilines is 1. The standard InChI is InChI=1S/C16H17N3O2/c20-16(18-14-7-4-8-17-11-14)19-9-10-21-15(12-19)13-5-2-1-3-6-13/h1-8,11,15H,9-10,12H2,(H,18,20). The number of nitrogens with zero attached hydrogens (tertiary/aromatic N) is 2. The van der Waals surface area contributed by atoms with Gasteiger partial charge in [0.05, 0.1) is 25.0 Å². The van der Waals surface area contributed by atoms with Crippen molar-refractivity contribution >= 4 is 11.7 Å². The number of pyridine rings is 1. The second kappa shape index (κ2) is 6.37. The molecular formula is C16H17N3O2. The van der Waals surface area contributed by atoms with Crippen LogP contribution in [0, 0.1) is 0 Å². The van der Waals surface area contributed by atoms with Gasteiger partial charge in [-0.2, -0.15) is 0 Å². The van der Waals surface area contributed by atoms with Crippen molar-refractivity contribution < 1.29 is 9.53 Å². The van der Waals surface area contributed by atoms with Crippen LogP contribution < -0.4 is 5.32 Å². The maximum atomic E-state index is 12.3. The van der Waals surface area contributed by atoms with Gasteiger partial charge in [0.2, 0.25) is 0 Å². The van der Waals surface area contributed by atoms with Gasteiger partial charge in [0.15, 0.2) is 0 Å². The van der Waals surface area contributed by atoms with E-state index in [-0.39, 0.29) is 12.1 Å². The summed E-state index contributed by atoms with van der Waals surface area (Å²) in [6.45, 7) is 1.69. The van der Waals surface area contributed by atoms with Gasteiger partial charge in [0.1, 0.15) is 6.10 Å². The van der Waals surface area contributed by atoms with Gasteiger partial charge in [-0.1, -0.05) is 30.3 Å². The summed E-state index contributed by atoms with van der Waals surface area (Å²) in [6, 6.07) is 13.5. The number of carbonyl (C=O) groups excluding carboxylic acids is 1. The predicted molar refractivity (Wildman–Crippen MR) is 80.0 cm³/mol. The van der Waals surface area contributed by atoms with Crippen LogP contribution >= 0.6 is 0 Å². The first kappa shape index (κ1) is 13.6. The summed E-state index contributed by atoms with van der Waals surface area (Å²) in [7, 11) is 0. The van der Waals surface area contributed by atoms with Crippen molar-refractivity contribution in [2.24, 2.45) is 0 Å². The largest absolute Gasteiger partial charge is 0.370 e. The summed E-state index contributed by atoms with van der Waals surface area (Å²) in [5.74, 6) is 0. The lowest BCUT2D eigenvalue weighted by Gasteiger charge is -2.33. The van der Waals surface area contributed by atoms with Crippen molar-refractivity contribution in [3.63, 3.8) is 0 Å². The number of aromatic nitrogens is 1. The van der Waals surface area contributed by atoms with Crippen molar-refractivity contribution in [3.05, 3.63) is 60.4 Å². The lowest BCUT2D eigenvalue weighted by atomic mass is 10.1. The summed E-state index contributed by atoms with van der Waals surface area (Å²) in [6.07, 6.45) is 3.24. The summed E-state index contributed by atoms with van der Waals surface area (Å²) < 4.78 is 5.76. The first-order valence-electron chi connectivity index (χ1n) is 6.95. The molecule has 108 valence electrons. The fourth-order valence-electron chi connectivity index (χ4n) is 2.34. The molecule has 1 unspecified atom stereocenters. The van der Waals surface area contributed by atoms with Gasteiger partial charge in [-0.05, 0) is 17.7 Å². The Morgan fingerprint density at radius 3 is 2.86 bits per heavy atom. The van der Waals surface area contributed by atoms with E-state index in [9.17, 15) is 4.79 Å². The minimum atomic E-state index is -0.118. The number of nitrogens with one attached hydrogen (secondary N) is 1. The highest BCUT2D eigenvalue weighted by atomic mass is 16.5. The van der Waals surface area contributed by atoms with Crippen LogP contribution in [0.2, 0.25) is 0 Å². The molecule has 1 aromatic carbocycles. The molecular weight excluding hydrogens is 266 g/mol. The number of benzene rings is 1. The quantitative estimate of drug-likeness (QED) is 0.922. The van der Waals surface area contributed by atoms with Crippen molar-refractivity contribution in [1.82, 2.24) is 9.88 Å². The minimum absolute atomic E-state index is 0.0698. The van der Waals surface area contributed by atoms with Gasteiger partial charge >= 0.3 is 6.03 Å². The second-order valence-corrected chi connectivity index (χ2v) is 4.89. The molecule has 5 nitrogen and oxygen atoms in total. The van der Waals surface area contributed by atoms with Crippen molar-refractivity contribution in [3.8, 4) is 0 Å². The number of ether oxygens (including phenoxy) is 1. The fraction of sp³-hybridized carbons (Fsp3) is 0.250. The van der Waals surface area contributed by atoms with Crippen LogP contribution in [-0.4, -0.2) is 35.6 Å². The molecule has 1 aliphatic rings. The molecule has 5 heteroatoms. The molecule has 2 amide bonds. The third kappa shape index (κ3) is 3.38. The van der Waals surface area contributed by atoms with E-state index in [4.69, 9.17) is 4.74 Å². The predicted octanol–water partition coefficient (Wildman–Crippen LogP) is 2.69. The molecule has 1 saturated heterocycles. The van der Waals surface area contributed by atoms with E-state index in [0.29, 0.717) is 25.4 Å². The van der Waals surface area contributed by atoms with Crippen LogP contribution in [0.15, 0.2) is 54.9 Å². The smallest absolute Gasteiger partial charge is 0.322 e. The van der Waals surface area contributed by atoms with Crippen molar-refractivity contribution in [2.75, 3.05) is 25.0 Å². The lowest BCUT2D eigenvalue weighted by Crippen LogP contribution is -2.44. The summed E-state index contributed by atoms with van der Waals surface area (Å²) in [4.78, 5) is 18.0. The molecule has 1 aromatic heterocycles. The number of morpholine rings is 1. The normalized spacial score (nSPS) is 18.3. The number of rotatable bonds is 2. The Hall–Kier alpha value is -2.40. The Bertz CT molecular complexity index is 589. The van der Waals surface area contributed by atoms with E-state index >= 15 is 0 Å². The number of hydrogen-bond acceptors (Lipinski definition) is 3. The summed E-state index contributed by atoms with van der Waals surface area (Å²) in [5.41, 5.74) is 1.79. The maximum absolute atomic E-state index is 12.3. The highest BCUT2D eigenvalue weighted by Gasteiger charge is 2.25. The van der Waals surface area contributed by atoms with E-state index in [1.54, 1.807) is 23.4 Å². The van der Waals surface area contributed by atoms with Gasteiger partial charge in [-0.15, -0.1) is 0 Å². The Kier molecular flexibility index (Phi) is 4.12. The third-order valence-corrected chi connectivity index (χ3v) is 3.44. The molecule has 1 fully saturated rings. The first-order valence-corrected chi connectivity index (χ1v) is 6.95. The molecule has 2 heterocycles. The monoisotopic (exact) mass is 283 g/mol. The number of hydrogen-bond donors (Lipinski definition) is 1. The van der Waals surface area contributed by atoms with Gasteiger partial charge in [-0.3, -0.25) is 4.98 Å². The van der Waals surface area contributed by atoms with Crippen LogP contribution in [0.5, 0.6) is 0 Å². The number of urea groups is 1. The van der Waals surface area contributed by atoms with Crippen molar-refractivity contribution in [1.29, 1.82) is 0 Å². The van der Waals surface area contributed by atoms with E-state index in [0.717, 1.165) is 5.56 Å². The van der Waals surface area contributed by atoms with Crippen LogP contribution in [0.1, 0.15) is 11.7 Å². The van der Waals surface area contributed by atoms with E-state index in [1.165, 1.54) is 0 Å². The van der Waals surface area contributed by atoms with E-state index in [2.05, 4.69) is 10.3 Å². The molecule has 1 N–H and O–H groups in total. The Morgan fingerprint density at radius 2 is 2.10 bits per heavy atom. The SMILES string of the molecule is O=C(Nc1cccnc1)N1CCOC(c2ccccc2)C1. The molecule has 0 bridgehead atoms. The Labute approximate surface area is 123 Å². The zero-order valence-corrected chi connectivity index (χ0v) is 11.6. The highest BCUT2D eigenvalue weighted by molar-refractivity contribution is 5.89. The molecule has 1 atom stereocenters. The zero-order valence-electron chi connectivity index (χ0n) is 11.6. The highest BCUT2D eigenvalue weighted by Crippen LogP contribution is 2.22. The molecule has 21 heavy (non-hydrogen) atoms. The average Bonchev–Trinajstić information content (AvgIpc) is 2.57. The number of carbonyl (C=O) groups is 1. The van der Waals surface area contributed by atoms with Gasteiger partial charge in [0, 0.05) is 12.7 Å². The van der Waals surface area contributed by atoms with Gasteiger partial charge in [-0.25, -0.2) is 4.79 Å². The fourth-order valence-corrected chi connectivity index (χ4v) is 2.34. The van der Waals surface area contributed by atoms with E-state index in [1.807, 2.05) is 36.4 Å². The Balaban J connectivity index is 1.64. The molecule has 2 aromatic rings. The van der Waals surface area contributed by atoms with Crippen LogP contribution in [-0.2, 0) is 4.74 Å². The molecule has 0 spiro atoms.